The SMILES string of the molecule is Cc1cc(C=NC2C3CC4CC(C3)CC2C4)c(O)c(C(C)(C)C)c1.[Cl][Zr][Cl]. The molecule has 0 aliphatic heterocycles. The molecule has 4 fully saturated rings. The summed E-state index contributed by atoms with van der Waals surface area (Å²) in [4.78, 5) is 5.03. The van der Waals surface area contributed by atoms with Crippen LogP contribution in [-0.2, 0) is 26.3 Å². The Balaban J connectivity index is 0.000000659. The van der Waals surface area contributed by atoms with Gasteiger partial charge in [0.05, 0.1) is 6.04 Å². The van der Waals surface area contributed by atoms with Gasteiger partial charge in [-0.25, -0.2) is 0 Å². The maximum absolute atomic E-state index is 10.7. The van der Waals surface area contributed by atoms with Crippen LogP contribution in [-0.4, -0.2) is 17.4 Å². The number of phenols is 1. The van der Waals surface area contributed by atoms with Crippen LogP contribution in [0, 0.1) is 30.6 Å². The second-order valence-electron chi connectivity index (χ2n) is 9.77. The number of rotatable bonds is 2. The zero-order valence-corrected chi connectivity index (χ0v) is 20.8. The van der Waals surface area contributed by atoms with Gasteiger partial charge in [-0.3, -0.25) is 4.99 Å². The summed E-state index contributed by atoms with van der Waals surface area (Å²) in [5.74, 6) is 3.98. The van der Waals surface area contributed by atoms with Crippen LogP contribution >= 0.6 is 17.0 Å². The predicted octanol–water partition coefficient (Wildman–Crippen LogP) is 6.62. The van der Waals surface area contributed by atoms with Crippen molar-refractivity contribution in [2.45, 2.75) is 71.3 Å². The van der Waals surface area contributed by atoms with Crippen LogP contribution in [0.15, 0.2) is 17.1 Å². The molecule has 0 amide bonds. The van der Waals surface area contributed by atoms with Crippen LogP contribution in [0.1, 0.15) is 69.6 Å². The minimum atomic E-state index is -0.826. The van der Waals surface area contributed by atoms with Gasteiger partial charge in [-0.2, -0.15) is 0 Å². The number of nitrogens with zero attached hydrogens (tertiary/aromatic N) is 1. The Bertz CT molecular complexity index is 670. The molecule has 5 heteroatoms. The molecule has 4 saturated carbocycles. The van der Waals surface area contributed by atoms with Crippen LogP contribution in [0.5, 0.6) is 5.75 Å². The van der Waals surface area contributed by atoms with Crippen LogP contribution in [0.3, 0.4) is 0 Å². The summed E-state index contributed by atoms with van der Waals surface area (Å²) < 4.78 is 0. The molecule has 4 aliphatic carbocycles. The number of phenolic OH excluding ortho intramolecular Hbond substituents is 1. The summed E-state index contributed by atoms with van der Waals surface area (Å²) in [5, 5.41) is 10.7. The average Bonchev–Trinajstić information content (AvgIpc) is 2.56. The van der Waals surface area contributed by atoms with Gasteiger partial charge in [0.15, 0.2) is 0 Å². The van der Waals surface area contributed by atoms with Crippen molar-refractivity contribution in [2.75, 3.05) is 0 Å². The quantitative estimate of drug-likeness (QED) is 0.467. The van der Waals surface area contributed by atoms with Crippen molar-refractivity contribution in [3.05, 3.63) is 28.8 Å². The van der Waals surface area contributed by atoms with Crippen molar-refractivity contribution in [3.63, 3.8) is 0 Å². The number of benzene rings is 1. The van der Waals surface area contributed by atoms with E-state index in [0.29, 0.717) is 11.8 Å². The summed E-state index contributed by atoms with van der Waals surface area (Å²) in [7, 11) is 9.87. The van der Waals surface area contributed by atoms with E-state index in [1.165, 1.54) is 37.7 Å². The summed E-state index contributed by atoms with van der Waals surface area (Å²) >= 11 is -0.826. The third kappa shape index (κ3) is 5.02. The number of aryl methyl sites for hydroxylation is 1. The number of halogens is 2. The first-order chi connectivity index (χ1) is 12.7. The van der Waals surface area contributed by atoms with Gasteiger partial charge in [0.25, 0.3) is 0 Å². The molecule has 27 heavy (non-hydrogen) atoms. The van der Waals surface area contributed by atoms with Crippen molar-refractivity contribution in [3.8, 4) is 5.75 Å². The van der Waals surface area contributed by atoms with Gasteiger partial charge < -0.3 is 5.11 Å². The molecule has 1 aromatic carbocycles. The first-order valence-corrected chi connectivity index (χ1v) is 16.4. The van der Waals surface area contributed by atoms with Crippen molar-refractivity contribution >= 4 is 23.2 Å². The minimum absolute atomic E-state index is 0.0542. The summed E-state index contributed by atoms with van der Waals surface area (Å²) in [6.45, 7) is 8.57. The number of aliphatic imine (C=N–C) groups is 1. The Morgan fingerprint density at radius 2 is 1.56 bits per heavy atom. The van der Waals surface area contributed by atoms with Gasteiger partial charge in [0, 0.05) is 17.3 Å². The molecule has 0 atom stereocenters. The molecule has 0 aromatic heterocycles. The molecule has 1 N–H and O–H groups in total. The van der Waals surface area contributed by atoms with Crippen LogP contribution in [0.25, 0.3) is 0 Å². The maximum atomic E-state index is 10.7. The molecule has 0 spiro atoms. The Hall–Kier alpha value is 0.153. The van der Waals surface area contributed by atoms with Crippen LogP contribution < -0.4 is 0 Å². The van der Waals surface area contributed by atoms with E-state index in [0.717, 1.165) is 34.8 Å². The molecule has 4 aliphatic rings. The van der Waals surface area contributed by atoms with Crippen molar-refractivity contribution < 1.29 is 26.0 Å². The van der Waals surface area contributed by atoms with Gasteiger partial charge in [0.1, 0.15) is 5.75 Å². The van der Waals surface area contributed by atoms with Crippen LogP contribution in [0.2, 0.25) is 0 Å². The number of hydrogen-bond donors (Lipinski definition) is 1. The van der Waals surface area contributed by atoms with Crippen molar-refractivity contribution in [2.24, 2.45) is 28.7 Å². The van der Waals surface area contributed by atoms with Crippen molar-refractivity contribution in [1.82, 2.24) is 0 Å². The molecule has 0 radical (unpaired) electrons. The van der Waals surface area contributed by atoms with E-state index in [2.05, 4.69) is 39.8 Å². The molecule has 5 rings (SSSR count). The van der Waals surface area contributed by atoms with Gasteiger partial charge in [-0.05, 0) is 79.7 Å². The summed E-state index contributed by atoms with van der Waals surface area (Å²) in [5.41, 5.74) is 3.06. The molecule has 1 aromatic rings. The molecule has 2 nitrogen and oxygen atoms in total. The Morgan fingerprint density at radius 1 is 1.04 bits per heavy atom. The second kappa shape index (κ2) is 8.89. The topological polar surface area (TPSA) is 32.6 Å². The fourth-order valence-electron chi connectivity index (χ4n) is 5.78. The van der Waals surface area contributed by atoms with Gasteiger partial charge in [-0.15, -0.1) is 0 Å². The molecule has 0 saturated heterocycles. The van der Waals surface area contributed by atoms with E-state index < -0.39 is 20.8 Å². The van der Waals surface area contributed by atoms with E-state index in [1.54, 1.807) is 0 Å². The summed E-state index contributed by atoms with van der Waals surface area (Å²) in [6, 6.07) is 4.68. The normalized spacial score (nSPS) is 31.7. The average molecular weight is 488 g/mol. The van der Waals surface area contributed by atoms with Gasteiger partial charge >= 0.3 is 37.9 Å². The van der Waals surface area contributed by atoms with Gasteiger partial charge in [-0.1, -0.05) is 26.8 Å². The van der Waals surface area contributed by atoms with Crippen molar-refractivity contribution in [1.29, 1.82) is 0 Å². The van der Waals surface area contributed by atoms with Gasteiger partial charge in [0.2, 0.25) is 0 Å². The molecule has 4 bridgehead atoms. The predicted molar refractivity (Wildman–Crippen MR) is 112 cm³/mol. The molecule has 148 valence electrons. The van der Waals surface area contributed by atoms with E-state index in [4.69, 9.17) is 22.0 Å². The molecular formula is C22H31Cl2NOZr. The molecule has 0 heterocycles. The third-order valence-corrected chi connectivity index (χ3v) is 6.65. The first-order valence-electron chi connectivity index (χ1n) is 10.1. The molecule has 0 unspecified atom stereocenters. The second-order valence-corrected chi connectivity index (χ2v) is 13.5. The molecular weight excluding hydrogens is 456 g/mol. The first kappa shape index (κ1) is 21.9. The zero-order valence-electron chi connectivity index (χ0n) is 16.8. The summed E-state index contributed by atoms with van der Waals surface area (Å²) in [6.07, 6.45) is 9.02. The van der Waals surface area contributed by atoms with Crippen LogP contribution in [0.4, 0.5) is 0 Å². The zero-order chi connectivity index (χ0) is 19.8. The van der Waals surface area contributed by atoms with E-state index >= 15 is 0 Å². The Labute approximate surface area is 182 Å². The van der Waals surface area contributed by atoms with E-state index in [9.17, 15) is 5.11 Å². The standard InChI is InChI=1S/C22H31NO.2ClH.Zr/c1-13-5-18(21(24)19(6-13)22(2,3)4)12-23-20-16-8-14-7-15(10-16)11-17(20)9-14;;;/h5-6,12,14-17,20,24H,7-11H2,1-4H3;2*1H;/q;;;+2/p-2. The Kier molecular flexibility index (Phi) is 7.19. The fraction of sp³-hybridized carbons (Fsp3) is 0.682. The number of aromatic hydroxyl groups is 1. The Morgan fingerprint density at radius 3 is 2.04 bits per heavy atom. The number of hydrogen-bond acceptors (Lipinski definition) is 2. The fourth-order valence-corrected chi connectivity index (χ4v) is 5.78. The third-order valence-electron chi connectivity index (χ3n) is 6.65. The van der Waals surface area contributed by atoms with E-state index in [1.807, 2.05) is 6.21 Å². The van der Waals surface area contributed by atoms with E-state index in [-0.39, 0.29) is 5.41 Å². The monoisotopic (exact) mass is 485 g/mol.